The summed E-state index contributed by atoms with van der Waals surface area (Å²) in [7, 11) is 0. The van der Waals surface area contributed by atoms with Gasteiger partial charge in [0, 0.05) is 11.1 Å². The molecule has 0 bridgehead atoms. The van der Waals surface area contributed by atoms with Gasteiger partial charge in [0.1, 0.15) is 5.82 Å². The third-order valence-corrected chi connectivity index (χ3v) is 3.29. The van der Waals surface area contributed by atoms with Crippen molar-refractivity contribution in [2.75, 3.05) is 0 Å². The summed E-state index contributed by atoms with van der Waals surface area (Å²) in [5.74, 6) is -1.08. The highest BCUT2D eigenvalue weighted by Crippen LogP contribution is 2.39. The van der Waals surface area contributed by atoms with E-state index in [-0.39, 0.29) is 5.56 Å². The maximum atomic E-state index is 14.1. The fourth-order valence-corrected chi connectivity index (χ4v) is 2.35. The zero-order valence-electron chi connectivity index (χ0n) is 11.6. The first-order valence-electron chi connectivity index (χ1n) is 6.15. The quantitative estimate of drug-likeness (QED) is 0.845. The highest BCUT2D eigenvalue weighted by Gasteiger charge is 2.43. The van der Waals surface area contributed by atoms with Gasteiger partial charge in [-0.05, 0) is 45.4 Å². The molecule has 4 heteroatoms. The molecule has 0 radical (unpaired) electrons. The van der Waals surface area contributed by atoms with Gasteiger partial charge in [-0.2, -0.15) is 0 Å². The van der Waals surface area contributed by atoms with Crippen molar-refractivity contribution in [3.05, 3.63) is 41.2 Å². The van der Waals surface area contributed by atoms with Crippen LogP contribution in [0.4, 0.5) is 4.39 Å². The topological polar surface area (TPSA) is 40.5 Å². The van der Waals surface area contributed by atoms with Crippen molar-refractivity contribution in [1.82, 2.24) is 4.90 Å². The van der Waals surface area contributed by atoms with Crippen molar-refractivity contribution in [3.63, 3.8) is 0 Å². The van der Waals surface area contributed by atoms with E-state index >= 15 is 0 Å². The highest BCUT2D eigenvalue weighted by atomic mass is 19.1. The van der Waals surface area contributed by atoms with Crippen LogP contribution in [0.5, 0.6) is 0 Å². The number of hydrogen-bond acceptors (Lipinski definition) is 2. The lowest BCUT2D eigenvalue weighted by Gasteiger charge is -2.34. The average Bonchev–Trinajstić information content (AvgIpc) is 2.50. The Balaban J connectivity index is 2.63. The van der Waals surface area contributed by atoms with Crippen LogP contribution in [0.3, 0.4) is 0 Å². The average molecular weight is 263 g/mol. The van der Waals surface area contributed by atoms with Crippen molar-refractivity contribution in [2.45, 2.75) is 39.5 Å². The number of carbonyl (C=O) groups excluding carboxylic acids is 1. The van der Waals surface area contributed by atoms with Crippen LogP contribution in [0.25, 0.3) is 5.57 Å². The largest absolute Gasteiger partial charge is 0.369 e. The predicted octanol–water partition coefficient (Wildman–Crippen LogP) is 3.10. The molecule has 19 heavy (non-hydrogen) atoms. The van der Waals surface area contributed by atoms with E-state index in [1.807, 2.05) is 0 Å². The summed E-state index contributed by atoms with van der Waals surface area (Å²) in [6, 6.07) is 2.92. The molecule has 0 saturated heterocycles. The molecular weight excluding hydrogens is 245 g/mol. The molecule has 2 rings (SSSR count). The van der Waals surface area contributed by atoms with Crippen molar-refractivity contribution in [2.24, 2.45) is 0 Å². The molecule has 1 N–H and O–H groups in total. The Morgan fingerprint density at radius 1 is 1.42 bits per heavy atom. The molecule has 0 aromatic heterocycles. The van der Waals surface area contributed by atoms with Gasteiger partial charge >= 0.3 is 0 Å². The molecule has 1 aliphatic heterocycles. The number of amides is 1. The van der Waals surface area contributed by atoms with Gasteiger partial charge < -0.3 is 10.0 Å². The van der Waals surface area contributed by atoms with E-state index < -0.39 is 23.5 Å². The zero-order valence-corrected chi connectivity index (χ0v) is 11.6. The molecule has 1 aromatic rings. The van der Waals surface area contributed by atoms with E-state index in [1.54, 1.807) is 33.8 Å². The predicted molar refractivity (Wildman–Crippen MR) is 72.0 cm³/mol. The van der Waals surface area contributed by atoms with E-state index in [2.05, 4.69) is 6.58 Å². The minimum absolute atomic E-state index is 0.0348. The molecular formula is C15H18FNO2. The van der Waals surface area contributed by atoms with Crippen LogP contribution in [0.1, 0.15) is 55.4 Å². The second-order valence-corrected chi connectivity index (χ2v) is 5.92. The van der Waals surface area contributed by atoms with Crippen molar-refractivity contribution in [3.8, 4) is 0 Å². The minimum Gasteiger partial charge on any atom is -0.369 e. The molecule has 1 aromatic carbocycles. The van der Waals surface area contributed by atoms with E-state index in [9.17, 15) is 14.3 Å². The Hall–Kier alpha value is -1.68. The summed E-state index contributed by atoms with van der Waals surface area (Å²) in [6.45, 7) is 10.9. The smallest absolute Gasteiger partial charge is 0.260 e. The van der Waals surface area contributed by atoms with Gasteiger partial charge in [0.15, 0.2) is 6.23 Å². The van der Waals surface area contributed by atoms with Gasteiger partial charge in [-0.15, -0.1) is 0 Å². The third kappa shape index (κ3) is 2.06. The SMILES string of the molecule is C=C(C)c1cc(F)c2c(c1)C(O)N(C(C)(C)C)C2=O. The fourth-order valence-electron chi connectivity index (χ4n) is 2.35. The first-order chi connectivity index (χ1) is 8.64. The lowest BCUT2D eigenvalue weighted by Crippen LogP contribution is -2.43. The fraction of sp³-hybridized carbons (Fsp3) is 0.400. The van der Waals surface area contributed by atoms with Gasteiger partial charge in [-0.1, -0.05) is 12.2 Å². The van der Waals surface area contributed by atoms with E-state index in [1.165, 1.54) is 11.0 Å². The van der Waals surface area contributed by atoms with Gasteiger partial charge in [-0.3, -0.25) is 4.79 Å². The molecule has 0 saturated carbocycles. The highest BCUT2D eigenvalue weighted by molar-refractivity contribution is 6.00. The van der Waals surface area contributed by atoms with Crippen LogP contribution in [-0.2, 0) is 0 Å². The number of hydrogen-bond donors (Lipinski definition) is 1. The number of fused-ring (bicyclic) bond motifs is 1. The second-order valence-electron chi connectivity index (χ2n) is 5.92. The number of carbonyl (C=O) groups is 1. The van der Waals surface area contributed by atoms with Crippen LogP contribution in [0.2, 0.25) is 0 Å². The zero-order chi connectivity index (χ0) is 14.5. The van der Waals surface area contributed by atoms with Crippen LogP contribution >= 0.6 is 0 Å². The molecule has 102 valence electrons. The number of allylic oxidation sites excluding steroid dienone is 1. The van der Waals surface area contributed by atoms with Crippen LogP contribution in [0, 0.1) is 5.82 Å². The van der Waals surface area contributed by atoms with Gasteiger partial charge in [-0.25, -0.2) is 4.39 Å². The molecule has 1 aliphatic rings. The number of halogens is 1. The van der Waals surface area contributed by atoms with E-state index in [0.717, 1.165) is 0 Å². The maximum Gasteiger partial charge on any atom is 0.260 e. The van der Waals surface area contributed by atoms with Crippen molar-refractivity contribution in [1.29, 1.82) is 0 Å². The Bertz CT molecular complexity index is 572. The van der Waals surface area contributed by atoms with Crippen LogP contribution < -0.4 is 0 Å². The van der Waals surface area contributed by atoms with Crippen LogP contribution in [-0.4, -0.2) is 21.5 Å². The van der Waals surface area contributed by atoms with Gasteiger partial charge in [0.05, 0.1) is 5.56 Å². The Morgan fingerprint density at radius 2 is 2.00 bits per heavy atom. The number of nitrogens with zero attached hydrogens (tertiary/aromatic N) is 1. The Labute approximate surface area is 112 Å². The first kappa shape index (κ1) is 13.7. The van der Waals surface area contributed by atoms with E-state index in [0.29, 0.717) is 16.7 Å². The first-order valence-corrected chi connectivity index (χ1v) is 6.15. The normalized spacial score (nSPS) is 18.7. The lowest BCUT2D eigenvalue weighted by molar-refractivity contribution is -0.0228. The number of aliphatic hydroxyl groups excluding tert-OH is 1. The summed E-state index contributed by atoms with van der Waals surface area (Å²) >= 11 is 0. The molecule has 1 amide bonds. The molecule has 3 nitrogen and oxygen atoms in total. The van der Waals surface area contributed by atoms with E-state index in [4.69, 9.17) is 0 Å². The molecule has 1 atom stereocenters. The van der Waals surface area contributed by atoms with Gasteiger partial charge in [0.2, 0.25) is 0 Å². The summed E-state index contributed by atoms with van der Waals surface area (Å²) in [5.41, 5.74) is 0.991. The number of aliphatic hydroxyl groups is 1. The molecule has 1 unspecified atom stereocenters. The second kappa shape index (κ2) is 4.17. The summed E-state index contributed by atoms with van der Waals surface area (Å²) in [6.07, 6.45) is -1.11. The lowest BCUT2D eigenvalue weighted by atomic mass is 10.0. The molecule has 0 fully saturated rings. The van der Waals surface area contributed by atoms with Gasteiger partial charge in [0.25, 0.3) is 5.91 Å². The Morgan fingerprint density at radius 3 is 2.47 bits per heavy atom. The van der Waals surface area contributed by atoms with Crippen LogP contribution in [0.15, 0.2) is 18.7 Å². The van der Waals surface area contributed by atoms with Crippen molar-refractivity contribution >= 4 is 11.5 Å². The molecule has 1 heterocycles. The number of rotatable bonds is 1. The summed E-state index contributed by atoms with van der Waals surface area (Å²) in [5, 5.41) is 10.3. The molecule has 0 aliphatic carbocycles. The maximum absolute atomic E-state index is 14.1. The molecule has 0 spiro atoms. The summed E-state index contributed by atoms with van der Waals surface area (Å²) in [4.78, 5) is 13.6. The minimum atomic E-state index is -1.11. The monoisotopic (exact) mass is 263 g/mol. The Kier molecular flexibility index (Phi) is 3.01. The van der Waals surface area contributed by atoms with Crippen molar-refractivity contribution < 1.29 is 14.3 Å². The number of benzene rings is 1. The standard InChI is InChI=1S/C15H18FNO2/c1-8(2)9-6-10-12(11(16)7-9)14(19)17(13(10)18)15(3,4)5/h6-7,13,18H,1H2,2-5H3. The summed E-state index contributed by atoms with van der Waals surface area (Å²) < 4.78 is 14.1. The third-order valence-electron chi connectivity index (χ3n) is 3.29.